The molecule has 1 aliphatic rings. The van der Waals surface area contributed by atoms with Gasteiger partial charge in [-0.3, -0.25) is 4.68 Å². The molecule has 0 amide bonds. The Labute approximate surface area is 117 Å². The van der Waals surface area contributed by atoms with Crippen LogP contribution in [0.1, 0.15) is 38.3 Å². The monoisotopic (exact) mass is 264 g/mol. The molecule has 19 heavy (non-hydrogen) atoms. The Kier molecular flexibility index (Phi) is 4.31. The number of hydrogen-bond donors (Lipinski definition) is 1. The van der Waals surface area contributed by atoms with Crippen molar-refractivity contribution in [2.45, 2.75) is 50.6 Å². The number of hydrogen-bond acceptors (Lipinski definition) is 3. The van der Waals surface area contributed by atoms with E-state index >= 15 is 0 Å². The van der Waals surface area contributed by atoms with Crippen LogP contribution in [0.25, 0.3) is 0 Å². The first-order valence-corrected chi connectivity index (χ1v) is 7.35. The average Bonchev–Trinajstić information content (AvgIpc) is 2.75. The normalized spacial score (nSPS) is 29.7. The van der Waals surface area contributed by atoms with Crippen LogP contribution < -0.4 is 5.73 Å². The Morgan fingerprint density at radius 2 is 2.11 bits per heavy atom. The summed E-state index contributed by atoms with van der Waals surface area (Å²) in [4.78, 5) is 2.35. The number of nitrogens with two attached hydrogens (primary N) is 1. The zero-order valence-electron chi connectivity index (χ0n) is 12.8. The Bertz CT molecular complexity index is 402. The first-order valence-electron chi connectivity index (χ1n) is 7.35. The first kappa shape index (κ1) is 14.5. The summed E-state index contributed by atoms with van der Waals surface area (Å²) in [5.41, 5.74) is 7.83. The maximum atomic E-state index is 6.58. The summed E-state index contributed by atoms with van der Waals surface area (Å²) < 4.78 is 1.85. The van der Waals surface area contributed by atoms with Gasteiger partial charge < -0.3 is 10.6 Å². The first-order chi connectivity index (χ1) is 8.94. The fraction of sp³-hybridized carbons (Fsp3) is 0.800. The molecule has 0 bridgehead atoms. The molecule has 1 heterocycles. The van der Waals surface area contributed by atoms with E-state index in [4.69, 9.17) is 5.73 Å². The van der Waals surface area contributed by atoms with E-state index in [2.05, 4.69) is 37.1 Å². The Morgan fingerprint density at radius 1 is 1.47 bits per heavy atom. The summed E-state index contributed by atoms with van der Waals surface area (Å²) in [6, 6.07) is 2.24. The molecule has 1 unspecified atom stereocenters. The largest absolute Gasteiger partial charge is 0.326 e. The van der Waals surface area contributed by atoms with Gasteiger partial charge in [0, 0.05) is 31.2 Å². The average molecular weight is 264 g/mol. The molecular formula is C15H28N4. The second kappa shape index (κ2) is 5.63. The smallest absolute Gasteiger partial charge is 0.0640 e. The highest BCUT2D eigenvalue weighted by Gasteiger charge is 2.41. The lowest BCUT2D eigenvalue weighted by Crippen LogP contribution is -2.59. The molecule has 0 spiro atoms. The summed E-state index contributed by atoms with van der Waals surface area (Å²) >= 11 is 0. The summed E-state index contributed by atoms with van der Waals surface area (Å²) in [5, 5.41) is 4.47. The maximum Gasteiger partial charge on any atom is 0.0640 e. The maximum absolute atomic E-state index is 6.58. The van der Waals surface area contributed by atoms with E-state index in [-0.39, 0.29) is 11.6 Å². The molecule has 2 rings (SSSR count). The van der Waals surface area contributed by atoms with Gasteiger partial charge in [-0.15, -0.1) is 0 Å². The van der Waals surface area contributed by atoms with Gasteiger partial charge in [0.15, 0.2) is 0 Å². The van der Waals surface area contributed by atoms with Crippen LogP contribution in [0.2, 0.25) is 0 Å². The predicted molar refractivity (Wildman–Crippen MR) is 78.9 cm³/mol. The quantitative estimate of drug-likeness (QED) is 0.902. The van der Waals surface area contributed by atoms with Crippen molar-refractivity contribution in [1.29, 1.82) is 0 Å². The van der Waals surface area contributed by atoms with E-state index < -0.39 is 0 Å². The minimum absolute atomic E-state index is 0.143. The van der Waals surface area contributed by atoms with Crippen molar-refractivity contribution in [3.8, 4) is 0 Å². The van der Waals surface area contributed by atoms with Gasteiger partial charge in [0.1, 0.15) is 0 Å². The summed E-state index contributed by atoms with van der Waals surface area (Å²) in [7, 11) is 6.31. The van der Waals surface area contributed by atoms with Crippen LogP contribution in [0, 0.1) is 5.92 Å². The fourth-order valence-electron chi connectivity index (χ4n) is 3.40. The van der Waals surface area contributed by atoms with Crippen molar-refractivity contribution < 1.29 is 0 Å². The minimum atomic E-state index is 0.143. The Morgan fingerprint density at radius 3 is 2.58 bits per heavy atom. The number of nitrogens with zero attached hydrogens (tertiary/aromatic N) is 3. The van der Waals surface area contributed by atoms with Gasteiger partial charge in [0.2, 0.25) is 0 Å². The van der Waals surface area contributed by atoms with E-state index in [0.717, 1.165) is 18.0 Å². The third kappa shape index (κ3) is 3.00. The highest BCUT2D eigenvalue weighted by Crippen LogP contribution is 2.37. The number of aryl methyl sites for hydroxylation is 1. The zero-order valence-corrected chi connectivity index (χ0v) is 12.8. The van der Waals surface area contributed by atoms with Gasteiger partial charge in [0.05, 0.1) is 5.69 Å². The van der Waals surface area contributed by atoms with Crippen LogP contribution in [-0.2, 0) is 13.5 Å². The third-order valence-electron chi connectivity index (χ3n) is 4.92. The molecule has 1 aliphatic carbocycles. The van der Waals surface area contributed by atoms with Crippen LogP contribution in [0.15, 0.2) is 12.3 Å². The molecule has 0 radical (unpaired) electrons. The molecule has 4 heteroatoms. The van der Waals surface area contributed by atoms with Gasteiger partial charge in [0.25, 0.3) is 0 Å². The van der Waals surface area contributed by atoms with Gasteiger partial charge in [-0.1, -0.05) is 6.92 Å². The van der Waals surface area contributed by atoms with Gasteiger partial charge in [-0.2, -0.15) is 5.10 Å². The van der Waals surface area contributed by atoms with E-state index in [1.165, 1.54) is 25.7 Å². The second-order valence-electron chi connectivity index (χ2n) is 6.47. The third-order valence-corrected chi connectivity index (χ3v) is 4.92. The highest BCUT2D eigenvalue weighted by molar-refractivity contribution is 5.08. The molecule has 0 aromatic carbocycles. The predicted octanol–water partition coefficient (Wildman–Crippen LogP) is 1.80. The van der Waals surface area contributed by atoms with Crippen molar-refractivity contribution in [3.63, 3.8) is 0 Å². The summed E-state index contributed by atoms with van der Waals surface area (Å²) in [6.07, 6.45) is 7.84. The standard InChI is InChI=1S/C15H28N4/c1-12-5-8-15(9-6-12,18(2)3)14(16)11-13-7-10-19(4)17-13/h7,10,12,14H,5-6,8-9,11,16H2,1-4H3. The van der Waals surface area contributed by atoms with Gasteiger partial charge in [-0.25, -0.2) is 0 Å². The van der Waals surface area contributed by atoms with E-state index in [9.17, 15) is 0 Å². The zero-order chi connectivity index (χ0) is 14.0. The number of aromatic nitrogens is 2. The molecule has 1 aromatic rings. The van der Waals surface area contributed by atoms with E-state index in [0.29, 0.717) is 0 Å². The van der Waals surface area contributed by atoms with Gasteiger partial charge in [-0.05, 0) is 51.8 Å². The van der Waals surface area contributed by atoms with Crippen molar-refractivity contribution in [3.05, 3.63) is 18.0 Å². The van der Waals surface area contributed by atoms with Crippen LogP contribution in [-0.4, -0.2) is 40.4 Å². The van der Waals surface area contributed by atoms with Crippen molar-refractivity contribution in [1.82, 2.24) is 14.7 Å². The molecule has 1 fully saturated rings. The second-order valence-corrected chi connectivity index (χ2v) is 6.47. The topological polar surface area (TPSA) is 47.1 Å². The van der Waals surface area contributed by atoms with Crippen LogP contribution in [0.4, 0.5) is 0 Å². The van der Waals surface area contributed by atoms with Crippen molar-refractivity contribution >= 4 is 0 Å². The molecule has 1 atom stereocenters. The molecule has 4 nitrogen and oxygen atoms in total. The molecular weight excluding hydrogens is 236 g/mol. The lowest BCUT2D eigenvalue weighted by atomic mass is 9.71. The molecule has 0 aliphatic heterocycles. The van der Waals surface area contributed by atoms with Crippen LogP contribution in [0.5, 0.6) is 0 Å². The molecule has 1 aromatic heterocycles. The Balaban J connectivity index is 2.10. The molecule has 1 saturated carbocycles. The summed E-state index contributed by atoms with van der Waals surface area (Å²) in [6.45, 7) is 2.35. The SMILES string of the molecule is CC1CCC(C(N)Cc2ccn(C)n2)(N(C)C)CC1. The fourth-order valence-corrected chi connectivity index (χ4v) is 3.40. The van der Waals surface area contributed by atoms with Crippen molar-refractivity contribution in [2.24, 2.45) is 18.7 Å². The number of likely N-dealkylation sites (N-methyl/N-ethyl adjacent to an activating group) is 1. The van der Waals surface area contributed by atoms with Gasteiger partial charge >= 0.3 is 0 Å². The molecule has 2 N–H and O–H groups in total. The number of rotatable bonds is 4. The van der Waals surface area contributed by atoms with Crippen LogP contribution in [0.3, 0.4) is 0 Å². The lowest BCUT2D eigenvalue weighted by Gasteiger charge is -2.48. The minimum Gasteiger partial charge on any atom is -0.326 e. The molecule has 0 saturated heterocycles. The lowest BCUT2D eigenvalue weighted by molar-refractivity contribution is 0.0565. The summed E-state index contributed by atoms with van der Waals surface area (Å²) in [5.74, 6) is 0.843. The van der Waals surface area contributed by atoms with Crippen LogP contribution >= 0.6 is 0 Å². The highest BCUT2D eigenvalue weighted by atomic mass is 15.2. The van der Waals surface area contributed by atoms with E-state index in [1.807, 2.05) is 17.9 Å². The molecule has 108 valence electrons. The van der Waals surface area contributed by atoms with E-state index in [1.54, 1.807) is 0 Å². The Hall–Kier alpha value is -0.870. The van der Waals surface area contributed by atoms with Crippen molar-refractivity contribution in [2.75, 3.05) is 14.1 Å².